The van der Waals surface area contributed by atoms with Crippen LogP contribution in [0.4, 0.5) is 0 Å². The first kappa shape index (κ1) is 9.38. The highest BCUT2D eigenvalue weighted by atomic mass is 79.9. The van der Waals surface area contributed by atoms with Gasteiger partial charge in [-0.25, -0.2) is 0 Å². The van der Waals surface area contributed by atoms with E-state index in [2.05, 4.69) is 22.0 Å². The van der Waals surface area contributed by atoms with Crippen molar-refractivity contribution in [1.82, 2.24) is 0 Å². The fraction of sp³-hybridized carbons (Fsp3) is 0. The molecule has 0 spiro atoms. The number of fused-ring (bicyclic) bond motifs is 1. The summed E-state index contributed by atoms with van der Waals surface area (Å²) in [6.45, 7) is 0. The molecule has 1 aromatic heterocycles. The van der Waals surface area contributed by atoms with Crippen LogP contribution in [-0.4, -0.2) is 6.29 Å². The third kappa shape index (κ3) is 1.26. The van der Waals surface area contributed by atoms with Crippen LogP contribution in [0.3, 0.4) is 0 Å². The Kier molecular flexibility index (Phi) is 2.36. The predicted octanol–water partition coefficient (Wildman–Crippen LogP) is 3.35. The molecule has 0 amide bonds. The molecule has 0 N–H and O–H groups in total. The number of thiophene rings is 1. The Balaban J connectivity index is 2.94. The number of halogens is 1. The van der Waals surface area contributed by atoms with E-state index in [0.717, 1.165) is 20.8 Å². The summed E-state index contributed by atoms with van der Waals surface area (Å²) >= 11 is 4.72. The van der Waals surface area contributed by atoms with Gasteiger partial charge in [0, 0.05) is 15.6 Å². The Morgan fingerprint density at radius 3 is 2.93 bits per heavy atom. The van der Waals surface area contributed by atoms with Gasteiger partial charge in [0.2, 0.25) is 0 Å². The van der Waals surface area contributed by atoms with Crippen LogP contribution in [0.15, 0.2) is 22.7 Å². The quantitative estimate of drug-likeness (QED) is 0.742. The van der Waals surface area contributed by atoms with E-state index in [-0.39, 0.29) is 0 Å². The number of carbonyl (C=O) groups excluding carboxylic acids is 1. The number of benzene rings is 1. The van der Waals surface area contributed by atoms with E-state index in [1.807, 2.05) is 12.1 Å². The highest BCUT2D eigenvalue weighted by molar-refractivity contribution is 9.10. The zero-order valence-corrected chi connectivity index (χ0v) is 9.35. The highest BCUT2D eigenvalue weighted by Gasteiger charge is 2.11. The van der Waals surface area contributed by atoms with Crippen molar-refractivity contribution in [3.8, 4) is 6.07 Å². The molecule has 0 saturated carbocycles. The van der Waals surface area contributed by atoms with Gasteiger partial charge in [-0.15, -0.1) is 11.3 Å². The first-order chi connectivity index (χ1) is 6.77. The van der Waals surface area contributed by atoms with Crippen LogP contribution in [-0.2, 0) is 0 Å². The minimum absolute atomic E-state index is 0.606. The highest BCUT2D eigenvalue weighted by Crippen LogP contribution is 2.36. The van der Waals surface area contributed by atoms with E-state index in [9.17, 15) is 4.79 Å². The number of hydrogen-bond acceptors (Lipinski definition) is 3. The average Bonchev–Trinajstić information content (AvgIpc) is 2.55. The van der Waals surface area contributed by atoms with E-state index in [1.165, 1.54) is 11.3 Å². The van der Waals surface area contributed by atoms with Gasteiger partial charge in [0.05, 0.1) is 4.47 Å². The van der Waals surface area contributed by atoms with Gasteiger partial charge in [-0.1, -0.05) is 12.1 Å². The molecular weight excluding hydrogens is 262 g/mol. The van der Waals surface area contributed by atoms with Gasteiger partial charge in [-0.05, 0) is 22.0 Å². The number of carbonyl (C=O) groups is 1. The van der Waals surface area contributed by atoms with Gasteiger partial charge in [0.1, 0.15) is 10.9 Å². The minimum atomic E-state index is 0.606. The van der Waals surface area contributed by atoms with Crippen molar-refractivity contribution < 1.29 is 4.79 Å². The molecular formula is C10H4BrNOS. The fourth-order valence-corrected chi connectivity index (χ4v) is 3.14. The van der Waals surface area contributed by atoms with Crippen molar-refractivity contribution in [3.63, 3.8) is 0 Å². The van der Waals surface area contributed by atoms with Crippen molar-refractivity contribution in [2.45, 2.75) is 0 Å². The maximum Gasteiger partial charge on any atom is 0.150 e. The predicted molar refractivity (Wildman–Crippen MR) is 59.6 cm³/mol. The van der Waals surface area contributed by atoms with Gasteiger partial charge < -0.3 is 0 Å². The van der Waals surface area contributed by atoms with Crippen LogP contribution in [0.2, 0.25) is 0 Å². The molecule has 0 aliphatic rings. The van der Waals surface area contributed by atoms with E-state index < -0.39 is 0 Å². The molecule has 0 bridgehead atoms. The maximum absolute atomic E-state index is 10.8. The number of hydrogen-bond donors (Lipinski definition) is 0. The SMILES string of the molecule is N#Cc1sc2cccc(C=O)c2c1Br. The molecule has 0 aliphatic heterocycles. The summed E-state index contributed by atoms with van der Waals surface area (Å²) in [5.74, 6) is 0. The zero-order chi connectivity index (χ0) is 10.1. The number of nitrogens with zero attached hydrogens (tertiary/aromatic N) is 1. The van der Waals surface area contributed by atoms with Crippen LogP contribution in [0, 0.1) is 11.3 Å². The van der Waals surface area contributed by atoms with E-state index >= 15 is 0 Å². The zero-order valence-electron chi connectivity index (χ0n) is 6.95. The maximum atomic E-state index is 10.8. The molecule has 0 unspecified atom stereocenters. The van der Waals surface area contributed by atoms with Gasteiger partial charge in [0.15, 0.2) is 6.29 Å². The minimum Gasteiger partial charge on any atom is -0.298 e. The molecule has 2 aromatic rings. The van der Waals surface area contributed by atoms with E-state index in [1.54, 1.807) is 6.07 Å². The van der Waals surface area contributed by atoms with E-state index in [4.69, 9.17) is 5.26 Å². The molecule has 0 atom stereocenters. The van der Waals surface area contributed by atoms with Crippen molar-refractivity contribution in [2.75, 3.05) is 0 Å². The molecule has 14 heavy (non-hydrogen) atoms. The average molecular weight is 266 g/mol. The molecule has 0 fully saturated rings. The lowest BCUT2D eigenvalue weighted by Crippen LogP contribution is -1.79. The smallest absolute Gasteiger partial charge is 0.150 e. The van der Waals surface area contributed by atoms with Gasteiger partial charge in [-0.3, -0.25) is 4.79 Å². The topological polar surface area (TPSA) is 40.9 Å². The van der Waals surface area contributed by atoms with Crippen LogP contribution in [0.1, 0.15) is 15.2 Å². The Hall–Kier alpha value is -1.18. The molecule has 1 aromatic carbocycles. The summed E-state index contributed by atoms with van der Waals surface area (Å²) in [5, 5.41) is 9.66. The van der Waals surface area contributed by atoms with Crippen LogP contribution in [0.25, 0.3) is 10.1 Å². The third-order valence-corrected chi connectivity index (χ3v) is 4.03. The van der Waals surface area contributed by atoms with Crippen molar-refractivity contribution in [2.24, 2.45) is 0 Å². The Labute approximate surface area is 92.9 Å². The molecule has 0 aliphatic carbocycles. The molecule has 2 rings (SSSR count). The third-order valence-electron chi connectivity index (χ3n) is 1.92. The standard InChI is InChI=1S/C10H4BrNOS/c11-10-8(4-12)14-7-3-1-2-6(5-13)9(7)10/h1-3,5H. The second kappa shape index (κ2) is 3.52. The summed E-state index contributed by atoms with van der Waals surface area (Å²) < 4.78 is 1.68. The molecule has 1 heterocycles. The van der Waals surface area contributed by atoms with Gasteiger partial charge in [0.25, 0.3) is 0 Å². The molecule has 0 radical (unpaired) electrons. The first-order valence-corrected chi connectivity index (χ1v) is 5.45. The second-order valence-electron chi connectivity index (χ2n) is 2.70. The molecule has 0 saturated heterocycles. The normalized spacial score (nSPS) is 10.0. The van der Waals surface area contributed by atoms with Crippen LogP contribution in [0.5, 0.6) is 0 Å². The summed E-state index contributed by atoms with van der Waals surface area (Å²) in [6, 6.07) is 7.55. The Morgan fingerprint density at radius 1 is 1.50 bits per heavy atom. The first-order valence-electron chi connectivity index (χ1n) is 3.84. The largest absolute Gasteiger partial charge is 0.298 e. The van der Waals surface area contributed by atoms with Crippen LogP contribution >= 0.6 is 27.3 Å². The summed E-state index contributed by atoms with van der Waals surface area (Å²) in [5.41, 5.74) is 0.618. The molecule has 68 valence electrons. The van der Waals surface area contributed by atoms with E-state index in [0.29, 0.717) is 10.4 Å². The second-order valence-corrected chi connectivity index (χ2v) is 4.54. The molecule has 2 nitrogen and oxygen atoms in total. The Bertz CT molecular complexity index is 553. The number of aldehydes is 1. The van der Waals surface area contributed by atoms with Crippen molar-refractivity contribution >= 4 is 43.6 Å². The summed E-state index contributed by atoms with van der Waals surface area (Å²) in [4.78, 5) is 11.4. The Morgan fingerprint density at radius 2 is 2.29 bits per heavy atom. The van der Waals surface area contributed by atoms with Crippen LogP contribution < -0.4 is 0 Å². The fourth-order valence-electron chi connectivity index (χ4n) is 1.31. The monoisotopic (exact) mass is 265 g/mol. The number of nitriles is 1. The lowest BCUT2D eigenvalue weighted by Gasteiger charge is -1.93. The number of rotatable bonds is 1. The summed E-state index contributed by atoms with van der Waals surface area (Å²) in [6.07, 6.45) is 0.807. The van der Waals surface area contributed by atoms with Crippen molar-refractivity contribution in [3.05, 3.63) is 33.1 Å². The molecule has 4 heteroatoms. The van der Waals surface area contributed by atoms with Crippen molar-refractivity contribution in [1.29, 1.82) is 5.26 Å². The lowest BCUT2D eigenvalue weighted by atomic mass is 10.1. The lowest BCUT2D eigenvalue weighted by molar-refractivity contribution is 0.112. The van der Waals surface area contributed by atoms with Gasteiger partial charge in [-0.2, -0.15) is 5.26 Å². The van der Waals surface area contributed by atoms with Gasteiger partial charge >= 0.3 is 0 Å². The summed E-state index contributed by atoms with van der Waals surface area (Å²) in [7, 11) is 0.